The van der Waals surface area contributed by atoms with Crippen LogP contribution in [0.2, 0.25) is 0 Å². The molecular weight excluding hydrogens is 228 g/mol. The van der Waals surface area contributed by atoms with Crippen LogP contribution in [0.4, 0.5) is 19.3 Å². The number of nitrogens with one attached hydrogen (secondary N) is 3. The Hall–Kier alpha value is -1.69. The predicted molar refractivity (Wildman–Crippen MR) is 61.4 cm³/mol. The van der Waals surface area contributed by atoms with Gasteiger partial charge in [0.15, 0.2) is 0 Å². The fourth-order valence-corrected chi connectivity index (χ4v) is 0.991. The van der Waals surface area contributed by atoms with E-state index >= 15 is 0 Å². The summed E-state index contributed by atoms with van der Waals surface area (Å²) < 4.78 is 26.0. The lowest BCUT2D eigenvalue weighted by atomic mass is 10.1. The number of benzene rings is 1. The maximum Gasteiger partial charge on any atom is 0.333 e. The highest BCUT2D eigenvalue weighted by atomic mass is 19.1. The molecule has 0 spiro atoms. The third kappa shape index (κ3) is 4.78. The lowest BCUT2D eigenvalue weighted by molar-refractivity contribution is 0.240. The van der Waals surface area contributed by atoms with Crippen LogP contribution in [0.1, 0.15) is 20.8 Å². The highest BCUT2D eigenvalue weighted by Gasteiger charge is 2.12. The molecule has 0 bridgehead atoms. The van der Waals surface area contributed by atoms with Crippen molar-refractivity contribution in [2.45, 2.75) is 26.3 Å². The monoisotopic (exact) mass is 243 g/mol. The van der Waals surface area contributed by atoms with Gasteiger partial charge in [0.25, 0.3) is 0 Å². The van der Waals surface area contributed by atoms with Crippen LogP contribution < -0.4 is 16.2 Å². The molecule has 2 amide bonds. The van der Waals surface area contributed by atoms with E-state index in [-0.39, 0.29) is 11.2 Å². The second-order valence-electron chi connectivity index (χ2n) is 4.58. The zero-order valence-corrected chi connectivity index (χ0v) is 9.90. The number of rotatable bonds is 2. The Morgan fingerprint density at radius 1 is 1.24 bits per heavy atom. The molecule has 0 saturated heterocycles. The summed E-state index contributed by atoms with van der Waals surface area (Å²) in [5.41, 5.74) is 4.49. The zero-order chi connectivity index (χ0) is 13.1. The van der Waals surface area contributed by atoms with Gasteiger partial charge in [0.05, 0.1) is 5.69 Å². The molecule has 0 aliphatic heterocycles. The smallest absolute Gasteiger partial charge is 0.304 e. The minimum absolute atomic E-state index is 0.210. The first kappa shape index (κ1) is 13.4. The number of urea groups is 1. The molecule has 0 aliphatic rings. The van der Waals surface area contributed by atoms with Crippen LogP contribution in [0, 0.1) is 11.6 Å². The van der Waals surface area contributed by atoms with Crippen molar-refractivity contribution < 1.29 is 13.6 Å². The molecule has 1 rings (SSSR count). The lowest BCUT2D eigenvalue weighted by Gasteiger charge is -2.21. The summed E-state index contributed by atoms with van der Waals surface area (Å²) in [5.74, 6) is -1.32. The Bertz CT molecular complexity index is 416. The Balaban J connectivity index is 2.59. The SMILES string of the molecule is CC(C)(C)NNC(=O)Nc1cc(F)ccc1F. The van der Waals surface area contributed by atoms with Gasteiger partial charge in [-0.05, 0) is 32.9 Å². The Kier molecular flexibility index (Phi) is 4.01. The molecule has 6 heteroatoms. The topological polar surface area (TPSA) is 53.2 Å². The number of hydrogen-bond donors (Lipinski definition) is 3. The van der Waals surface area contributed by atoms with Crippen molar-refractivity contribution in [3.05, 3.63) is 29.8 Å². The normalized spacial score (nSPS) is 11.1. The molecule has 0 atom stereocenters. The van der Waals surface area contributed by atoms with Crippen molar-refractivity contribution in [3.63, 3.8) is 0 Å². The number of halogens is 2. The summed E-state index contributed by atoms with van der Waals surface area (Å²) in [7, 11) is 0. The van der Waals surface area contributed by atoms with Gasteiger partial charge in [0.1, 0.15) is 11.6 Å². The average Bonchev–Trinajstić information content (AvgIpc) is 2.20. The van der Waals surface area contributed by atoms with Crippen molar-refractivity contribution in [3.8, 4) is 0 Å². The molecule has 0 aromatic heterocycles. The molecule has 0 saturated carbocycles. The van der Waals surface area contributed by atoms with Crippen molar-refractivity contribution in [1.82, 2.24) is 10.9 Å². The van der Waals surface area contributed by atoms with Crippen LogP contribution in [0.15, 0.2) is 18.2 Å². The first-order chi connectivity index (χ1) is 7.78. The third-order valence-electron chi connectivity index (χ3n) is 1.73. The fraction of sp³-hybridized carbons (Fsp3) is 0.364. The van der Waals surface area contributed by atoms with E-state index in [0.29, 0.717) is 0 Å². The standard InChI is InChI=1S/C11H15F2N3O/c1-11(2,3)16-15-10(17)14-9-6-7(12)4-5-8(9)13/h4-6,16H,1-3H3,(H2,14,15,17). The van der Waals surface area contributed by atoms with Gasteiger partial charge in [-0.1, -0.05) is 0 Å². The lowest BCUT2D eigenvalue weighted by Crippen LogP contribution is -2.50. The first-order valence-corrected chi connectivity index (χ1v) is 5.07. The molecule has 0 heterocycles. The Morgan fingerprint density at radius 2 is 1.88 bits per heavy atom. The second-order valence-corrected chi connectivity index (χ2v) is 4.58. The highest BCUT2D eigenvalue weighted by molar-refractivity contribution is 5.89. The maximum atomic E-state index is 13.2. The third-order valence-corrected chi connectivity index (χ3v) is 1.73. The van der Waals surface area contributed by atoms with Crippen LogP contribution in [0.25, 0.3) is 0 Å². The molecule has 1 aromatic rings. The van der Waals surface area contributed by atoms with Gasteiger partial charge in [-0.3, -0.25) is 5.43 Å². The second kappa shape index (κ2) is 5.09. The van der Waals surface area contributed by atoms with E-state index in [9.17, 15) is 13.6 Å². The van der Waals surface area contributed by atoms with Crippen LogP contribution >= 0.6 is 0 Å². The van der Waals surface area contributed by atoms with E-state index in [0.717, 1.165) is 18.2 Å². The summed E-state index contributed by atoms with van der Waals surface area (Å²) in [4.78, 5) is 11.3. The molecule has 0 radical (unpaired) electrons. The molecule has 4 nitrogen and oxygen atoms in total. The van der Waals surface area contributed by atoms with Crippen LogP contribution in [0.3, 0.4) is 0 Å². The Morgan fingerprint density at radius 3 is 2.47 bits per heavy atom. The molecule has 3 N–H and O–H groups in total. The fourth-order valence-electron chi connectivity index (χ4n) is 0.991. The Labute approximate surface area is 98.4 Å². The quantitative estimate of drug-likeness (QED) is 0.698. The summed E-state index contributed by atoms with van der Waals surface area (Å²) >= 11 is 0. The van der Waals surface area contributed by atoms with Gasteiger partial charge in [0.2, 0.25) is 0 Å². The number of carbonyl (C=O) groups is 1. The number of hydrazine groups is 1. The van der Waals surface area contributed by atoms with Crippen LogP contribution in [0.5, 0.6) is 0 Å². The van der Waals surface area contributed by atoms with Gasteiger partial charge in [-0.2, -0.15) is 0 Å². The molecule has 17 heavy (non-hydrogen) atoms. The van der Waals surface area contributed by atoms with Gasteiger partial charge in [-0.15, -0.1) is 0 Å². The molecule has 1 aromatic carbocycles. The highest BCUT2D eigenvalue weighted by Crippen LogP contribution is 2.14. The van der Waals surface area contributed by atoms with E-state index in [1.54, 1.807) is 0 Å². The van der Waals surface area contributed by atoms with E-state index in [1.807, 2.05) is 20.8 Å². The van der Waals surface area contributed by atoms with Crippen molar-refractivity contribution >= 4 is 11.7 Å². The zero-order valence-electron chi connectivity index (χ0n) is 9.90. The number of amides is 2. The summed E-state index contributed by atoms with van der Waals surface area (Å²) in [6, 6.07) is 2.17. The van der Waals surface area contributed by atoms with Crippen LogP contribution in [-0.4, -0.2) is 11.6 Å². The summed E-state index contributed by atoms with van der Waals surface area (Å²) in [6.45, 7) is 5.53. The molecule has 0 fully saturated rings. The summed E-state index contributed by atoms with van der Waals surface area (Å²) in [6.07, 6.45) is 0. The maximum absolute atomic E-state index is 13.2. The van der Waals surface area contributed by atoms with Gasteiger partial charge < -0.3 is 5.32 Å². The molecule has 94 valence electrons. The van der Waals surface area contributed by atoms with E-state index < -0.39 is 17.7 Å². The number of carbonyl (C=O) groups excluding carboxylic acids is 1. The van der Waals surface area contributed by atoms with Gasteiger partial charge >= 0.3 is 6.03 Å². The minimum Gasteiger partial charge on any atom is -0.304 e. The molecule has 0 unspecified atom stereocenters. The van der Waals surface area contributed by atoms with Crippen molar-refractivity contribution in [1.29, 1.82) is 0 Å². The molecule has 0 aliphatic carbocycles. The number of hydrogen-bond acceptors (Lipinski definition) is 2. The van der Waals surface area contributed by atoms with E-state index in [1.165, 1.54) is 0 Å². The van der Waals surface area contributed by atoms with Gasteiger partial charge in [-0.25, -0.2) is 19.0 Å². The molecular formula is C11H15F2N3O. The largest absolute Gasteiger partial charge is 0.333 e. The van der Waals surface area contributed by atoms with E-state index in [4.69, 9.17) is 0 Å². The van der Waals surface area contributed by atoms with Gasteiger partial charge in [0, 0.05) is 11.6 Å². The van der Waals surface area contributed by atoms with Crippen LogP contribution in [-0.2, 0) is 0 Å². The van der Waals surface area contributed by atoms with E-state index in [2.05, 4.69) is 16.2 Å². The van der Waals surface area contributed by atoms with Crippen molar-refractivity contribution in [2.75, 3.05) is 5.32 Å². The minimum atomic E-state index is -0.697. The predicted octanol–water partition coefficient (Wildman–Crippen LogP) is 2.39. The summed E-state index contributed by atoms with van der Waals surface area (Å²) in [5, 5.41) is 2.20. The number of anilines is 1. The first-order valence-electron chi connectivity index (χ1n) is 5.07. The van der Waals surface area contributed by atoms with Crippen molar-refractivity contribution in [2.24, 2.45) is 0 Å². The average molecular weight is 243 g/mol.